The molecule has 0 unspecified atom stereocenters. The molecule has 0 heterocycles. The fourth-order valence-corrected chi connectivity index (χ4v) is 10.6. The molecule has 5 aliphatic rings. The van der Waals surface area contributed by atoms with Gasteiger partial charge in [0, 0.05) is 12.3 Å². The summed E-state index contributed by atoms with van der Waals surface area (Å²) in [5, 5.41) is 22.0. The van der Waals surface area contributed by atoms with Gasteiger partial charge in [-0.15, -0.1) is 0 Å². The van der Waals surface area contributed by atoms with Crippen molar-refractivity contribution in [2.24, 2.45) is 63.6 Å². The van der Waals surface area contributed by atoms with Crippen LogP contribution >= 0.6 is 0 Å². The minimum absolute atomic E-state index is 0.0195. The summed E-state index contributed by atoms with van der Waals surface area (Å²) in [6.07, 6.45) is 8.14. The molecular formula is C32H52O4. The number of esters is 1. The maximum atomic E-state index is 12.4. The molecular weight excluding hydrogens is 448 g/mol. The average molecular weight is 501 g/mol. The summed E-state index contributed by atoms with van der Waals surface area (Å²) in [5.74, 6) is 3.93. The number of hydrogen-bond donors (Lipinski definition) is 2. The van der Waals surface area contributed by atoms with E-state index in [0.29, 0.717) is 47.3 Å². The first-order chi connectivity index (χ1) is 16.7. The predicted octanol–water partition coefficient (Wildman–Crippen LogP) is 6.39. The molecule has 204 valence electrons. The van der Waals surface area contributed by atoms with E-state index in [2.05, 4.69) is 54.5 Å². The van der Waals surface area contributed by atoms with Crippen molar-refractivity contribution >= 4 is 5.97 Å². The third-order valence-corrected chi connectivity index (χ3v) is 13.2. The number of carbonyl (C=O) groups is 1. The Morgan fingerprint density at radius 2 is 1.72 bits per heavy atom. The van der Waals surface area contributed by atoms with Crippen LogP contribution < -0.4 is 0 Å². The second-order valence-corrected chi connectivity index (χ2v) is 14.9. The lowest BCUT2D eigenvalue weighted by molar-refractivity contribution is -0.188. The molecule has 0 aromatic carbocycles. The second kappa shape index (κ2) is 8.83. The Hall–Kier alpha value is -0.870. The summed E-state index contributed by atoms with van der Waals surface area (Å²) in [6.45, 7) is 18.5. The van der Waals surface area contributed by atoms with Crippen LogP contribution in [0, 0.1) is 63.6 Å². The topological polar surface area (TPSA) is 66.8 Å². The minimum Gasteiger partial charge on any atom is -0.462 e. The van der Waals surface area contributed by atoms with Crippen molar-refractivity contribution < 1.29 is 19.7 Å². The van der Waals surface area contributed by atoms with Gasteiger partial charge in [-0.05, 0) is 103 Å². The highest BCUT2D eigenvalue weighted by Crippen LogP contribution is 2.71. The van der Waals surface area contributed by atoms with Crippen LogP contribution in [0.15, 0.2) is 11.6 Å². The molecule has 0 aromatic rings. The molecule has 0 saturated heterocycles. The van der Waals surface area contributed by atoms with E-state index in [1.165, 1.54) is 18.4 Å². The second-order valence-electron chi connectivity index (χ2n) is 14.9. The molecule has 36 heavy (non-hydrogen) atoms. The molecule has 0 radical (unpaired) electrons. The molecule has 0 aliphatic heterocycles. The van der Waals surface area contributed by atoms with E-state index >= 15 is 0 Å². The summed E-state index contributed by atoms with van der Waals surface area (Å²) in [4.78, 5) is 12.4. The highest BCUT2D eigenvalue weighted by Gasteiger charge is 2.68. The number of rotatable bonds is 5. The maximum Gasteiger partial charge on any atom is 0.302 e. The number of carbonyl (C=O) groups excluding carboxylic acids is 1. The Balaban J connectivity index is 1.49. The van der Waals surface area contributed by atoms with Gasteiger partial charge >= 0.3 is 5.97 Å². The largest absolute Gasteiger partial charge is 0.462 e. The molecule has 0 bridgehead atoms. The highest BCUT2D eigenvalue weighted by atomic mass is 16.5. The SMILES string of the molecule is CC(=O)O[C@@H]1C[C@H]2[C@@H]([C@H](O)C=C3C[C@@H](O)CC[C@@]32C)[C@@H]2CC[C@H]([C@H](C)[C@H]3C[C@]3(C)[C@H](C)C(C)C)[C@@]12C. The van der Waals surface area contributed by atoms with Crippen LogP contribution in [0.3, 0.4) is 0 Å². The number of aliphatic hydroxyl groups excluding tert-OH is 2. The van der Waals surface area contributed by atoms with Gasteiger partial charge in [0.25, 0.3) is 0 Å². The van der Waals surface area contributed by atoms with E-state index < -0.39 is 6.10 Å². The normalized spacial score (nSPS) is 51.5. The average Bonchev–Trinajstić information content (AvgIpc) is 3.36. The smallest absolute Gasteiger partial charge is 0.302 e. The number of aliphatic hydroxyl groups is 2. The lowest BCUT2D eigenvalue weighted by Gasteiger charge is -2.61. The summed E-state index contributed by atoms with van der Waals surface area (Å²) in [6, 6.07) is 0. The van der Waals surface area contributed by atoms with Crippen LogP contribution in [-0.4, -0.2) is 34.5 Å². The van der Waals surface area contributed by atoms with Gasteiger partial charge in [-0.3, -0.25) is 4.79 Å². The molecule has 4 saturated carbocycles. The fourth-order valence-electron chi connectivity index (χ4n) is 10.6. The summed E-state index contributed by atoms with van der Waals surface area (Å²) in [7, 11) is 0. The summed E-state index contributed by atoms with van der Waals surface area (Å²) < 4.78 is 6.27. The number of fused-ring (bicyclic) bond motifs is 5. The van der Waals surface area contributed by atoms with E-state index in [1.807, 2.05) is 0 Å². The first-order valence-electron chi connectivity index (χ1n) is 15.0. The fraction of sp³-hybridized carbons (Fsp3) is 0.906. The van der Waals surface area contributed by atoms with Crippen molar-refractivity contribution in [1.82, 2.24) is 0 Å². The van der Waals surface area contributed by atoms with E-state index in [9.17, 15) is 15.0 Å². The Bertz CT molecular complexity index is 910. The Labute approximate surface area is 219 Å². The Morgan fingerprint density at radius 1 is 1.03 bits per heavy atom. The van der Waals surface area contributed by atoms with Gasteiger partial charge in [-0.25, -0.2) is 0 Å². The first-order valence-corrected chi connectivity index (χ1v) is 15.0. The molecule has 0 aromatic heterocycles. The maximum absolute atomic E-state index is 12.4. The van der Waals surface area contributed by atoms with E-state index in [-0.39, 0.29) is 34.9 Å². The van der Waals surface area contributed by atoms with Gasteiger partial charge < -0.3 is 14.9 Å². The minimum atomic E-state index is -0.466. The van der Waals surface area contributed by atoms with Crippen molar-refractivity contribution in [3.63, 3.8) is 0 Å². The van der Waals surface area contributed by atoms with Crippen molar-refractivity contribution in [3.8, 4) is 0 Å². The van der Waals surface area contributed by atoms with Crippen molar-refractivity contribution in [3.05, 3.63) is 11.6 Å². The lowest BCUT2D eigenvalue weighted by Crippen LogP contribution is -2.60. The molecule has 13 atom stereocenters. The molecule has 4 fully saturated rings. The summed E-state index contributed by atoms with van der Waals surface area (Å²) >= 11 is 0. The summed E-state index contributed by atoms with van der Waals surface area (Å²) in [5.41, 5.74) is 1.52. The van der Waals surface area contributed by atoms with E-state index in [1.54, 1.807) is 6.92 Å². The molecule has 2 N–H and O–H groups in total. The Morgan fingerprint density at radius 3 is 2.36 bits per heavy atom. The van der Waals surface area contributed by atoms with Gasteiger partial charge in [0.15, 0.2) is 0 Å². The molecule has 4 nitrogen and oxygen atoms in total. The molecule has 4 heteroatoms. The van der Waals surface area contributed by atoms with E-state index in [4.69, 9.17) is 4.74 Å². The van der Waals surface area contributed by atoms with Gasteiger partial charge in [-0.1, -0.05) is 60.1 Å². The van der Waals surface area contributed by atoms with Gasteiger partial charge in [-0.2, -0.15) is 0 Å². The first kappa shape index (κ1) is 26.7. The van der Waals surface area contributed by atoms with Gasteiger partial charge in [0.05, 0.1) is 12.2 Å². The zero-order valence-electron chi connectivity index (χ0n) is 24.1. The molecule has 0 spiro atoms. The van der Waals surface area contributed by atoms with Crippen LogP contribution in [0.5, 0.6) is 0 Å². The van der Waals surface area contributed by atoms with Crippen molar-refractivity contribution in [1.29, 1.82) is 0 Å². The number of ether oxygens (including phenoxy) is 1. The molecule has 5 rings (SSSR count). The Kier molecular flexibility index (Phi) is 6.56. The van der Waals surface area contributed by atoms with Crippen molar-refractivity contribution in [2.75, 3.05) is 0 Å². The van der Waals surface area contributed by atoms with Gasteiger partial charge in [0.1, 0.15) is 6.10 Å². The quantitative estimate of drug-likeness (QED) is 0.339. The zero-order valence-corrected chi connectivity index (χ0v) is 24.1. The van der Waals surface area contributed by atoms with Gasteiger partial charge in [0.2, 0.25) is 0 Å². The van der Waals surface area contributed by atoms with Crippen LogP contribution in [-0.2, 0) is 9.53 Å². The lowest BCUT2D eigenvalue weighted by atomic mass is 9.45. The molecule has 0 amide bonds. The van der Waals surface area contributed by atoms with E-state index in [0.717, 1.165) is 31.6 Å². The third-order valence-electron chi connectivity index (χ3n) is 13.2. The third kappa shape index (κ3) is 3.78. The van der Waals surface area contributed by atoms with Crippen LogP contribution in [0.2, 0.25) is 0 Å². The zero-order chi connectivity index (χ0) is 26.4. The predicted molar refractivity (Wildman–Crippen MR) is 143 cm³/mol. The standard InChI is InChI=1S/C32H52O4/c1-17(2)19(4)31(7)16-26(31)18(3)23-9-10-24-29-25(15-28(32(23,24)8)36-20(5)33)30(6)12-11-22(34)13-21(30)14-27(29)35/h14,17-19,22-29,34-35H,9-13,15-16H2,1-8H3/t18-,19+,22-,23+,24-,25-,26+,27+,28+,29-,30-,31+,32+/m0/s1. The highest BCUT2D eigenvalue weighted by molar-refractivity contribution is 5.66. The number of hydrogen-bond acceptors (Lipinski definition) is 4. The monoisotopic (exact) mass is 500 g/mol. The molecule has 5 aliphatic carbocycles. The van der Waals surface area contributed by atoms with Crippen LogP contribution in [0.25, 0.3) is 0 Å². The van der Waals surface area contributed by atoms with Crippen LogP contribution in [0.4, 0.5) is 0 Å². The van der Waals surface area contributed by atoms with Crippen LogP contribution in [0.1, 0.15) is 100 Å². The van der Waals surface area contributed by atoms with Crippen molar-refractivity contribution in [2.45, 2.75) is 119 Å².